The average molecular weight is 1330 g/mol. The second kappa shape index (κ2) is 52.1. The molecule has 0 amide bonds. The number of unbranched alkanes of at least 4 members (excludes halogenated alkanes) is 48. The molecule has 5 heterocycles. The van der Waals surface area contributed by atoms with Crippen LogP contribution in [0.25, 0.3) is 0 Å². The standard InChI is InChI=1S/C92H164N4/c1-9-17-25-33-41-49-57-73-89(74-58-50-42-34-26-18-10-2)81-65-67-83(93-81)90(75-59-51-43-35-27-19-11-3,76-60-52-44-36-28-20-12-4)85-69-71-87(95-85)92(79-63-55-47-39-31-23-15-7,80-64-56-48-40-32-24-16-8)88-72-70-86(96-88)91(84-68-66-82(89)94-84,77-61-53-45-37-29-21-13-5)78-62-54-46-38-30-22-14-6/h65-72,93-96H,9-64,73-80H2,1-8H3. The van der Waals surface area contributed by atoms with E-state index in [1.165, 1.54) is 456 Å². The Hall–Kier alpha value is -2.88. The van der Waals surface area contributed by atoms with Crippen molar-refractivity contribution in [3.05, 3.63) is 94.1 Å². The van der Waals surface area contributed by atoms with E-state index in [-0.39, 0.29) is 21.7 Å². The summed E-state index contributed by atoms with van der Waals surface area (Å²) in [6, 6.07) is 21.6. The molecule has 0 atom stereocenters. The molecule has 0 saturated heterocycles. The van der Waals surface area contributed by atoms with Crippen LogP contribution in [0, 0.1) is 0 Å². The molecular weight excluding hydrogens is 1160 g/mol. The Balaban J connectivity index is 1.87. The van der Waals surface area contributed by atoms with Gasteiger partial charge in [-0.3, -0.25) is 0 Å². The predicted octanol–water partition coefficient (Wildman–Crippen LogP) is 31.6. The van der Waals surface area contributed by atoms with Gasteiger partial charge in [-0.15, -0.1) is 0 Å². The largest absolute Gasteiger partial charge is 0.361 e. The number of hydrogen-bond acceptors (Lipinski definition) is 0. The first-order valence-electron chi connectivity index (χ1n) is 44.1. The van der Waals surface area contributed by atoms with Crippen molar-refractivity contribution >= 4 is 0 Å². The van der Waals surface area contributed by atoms with Crippen molar-refractivity contribution in [3.8, 4) is 0 Å². The van der Waals surface area contributed by atoms with E-state index >= 15 is 0 Å². The van der Waals surface area contributed by atoms with Crippen LogP contribution in [0.1, 0.15) is 512 Å². The molecule has 552 valence electrons. The first-order valence-corrected chi connectivity index (χ1v) is 44.1. The van der Waals surface area contributed by atoms with Crippen molar-refractivity contribution in [2.24, 2.45) is 0 Å². The third kappa shape index (κ3) is 28.5. The van der Waals surface area contributed by atoms with Gasteiger partial charge < -0.3 is 19.9 Å². The maximum atomic E-state index is 4.70. The molecule has 0 unspecified atom stereocenters. The summed E-state index contributed by atoms with van der Waals surface area (Å²) in [5.41, 5.74) is 11.6. The Kier molecular flexibility index (Phi) is 45.5. The molecule has 4 nitrogen and oxygen atoms in total. The SMILES string of the molecule is CCCCCCCCCC1(CCCCCCCCC)c2ccc([nH]2)C(CCCCCCCCC)(CCCCCCCCC)c2ccc([nH]2)C(CCCCCCCCC)(CCCCCCCCC)c2ccc([nH]2)C(CCCCCCCCC)(CCCCCCCCC)c2ccc1[nH]2. The fourth-order valence-electron chi connectivity index (χ4n) is 18.1. The van der Waals surface area contributed by atoms with Crippen LogP contribution in [-0.2, 0) is 21.7 Å². The number of nitrogens with one attached hydrogen (secondary N) is 4. The Bertz CT molecular complexity index is 1900. The summed E-state index contributed by atoms with van der Waals surface area (Å²) in [7, 11) is 0. The van der Waals surface area contributed by atoms with E-state index in [9.17, 15) is 0 Å². The Morgan fingerprint density at radius 2 is 0.240 bits per heavy atom. The molecule has 96 heavy (non-hydrogen) atoms. The predicted molar refractivity (Wildman–Crippen MR) is 427 cm³/mol. The van der Waals surface area contributed by atoms with Gasteiger partial charge in [0.1, 0.15) is 0 Å². The minimum absolute atomic E-state index is 0.126. The van der Waals surface area contributed by atoms with Crippen LogP contribution in [0.4, 0.5) is 0 Å². The van der Waals surface area contributed by atoms with Crippen molar-refractivity contribution in [3.63, 3.8) is 0 Å². The topological polar surface area (TPSA) is 63.2 Å². The quantitative estimate of drug-likeness (QED) is 0.0319. The number of rotatable bonds is 64. The normalized spacial score (nSPS) is 14.8. The van der Waals surface area contributed by atoms with E-state index < -0.39 is 0 Å². The highest BCUT2D eigenvalue weighted by Crippen LogP contribution is 2.51. The van der Waals surface area contributed by atoms with Gasteiger partial charge >= 0.3 is 0 Å². The van der Waals surface area contributed by atoms with Gasteiger partial charge in [0, 0.05) is 45.6 Å². The summed E-state index contributed by atoms with van der Waals surface area (Å²) in [6.07, 6.45) is 85.2. The molecule has 0 aliphatic carbocycles. The lowest BCUT2D eigenvalue weighted by molar-refractivity contribution is 0.348. The number of aromatic nitrogens is 4. The lowest BCUT2D eigenvalue weighted by atomic mass is 9.72. The highest BCUT2D eigenvalue weighted by molar-refractivity contribution is 5.46. The van der Waals surface area contributed by atoms with Gasteiger partial charge in [-0.05, 0) is 99.9 Å². The smallest absolute Gasteiger partial charge is 0.0503 e. The van der Waals surface area contributed by atoms with Crippen LogP contribution in [0.2, 0.25) is 0 Å². The molecule has 1 aliphatic rings. The van der Waals surface area contributed by atoms with E-state index in [1.54, 1.807) is 0 Å². The molecule has 1 aliphatic heterocycles. The second-order valence-electron chi connectivity index (χ2n) is 32.4. The fourth-order valence-corrected chi connectivity index (χ4v) is 18.1. The first kappa shape index (κ1) is 83.8. The minimum Gasteiger partial charge on any atom is -0.361 e. The summed E-state index contributed by atoms with van der Waals surface area (Å²) < 4.78 is 0. The van der Waals surface area contributed by atoms with Crippen molar-refractivity contribution in [1.82, 2.24) is 19.9 Å². The molecule has 0 fully saturated rings. The van der Waals surface area contributed by atoms with Gasteiger partial charge in [-0.2, -0.15) is 0 Å². The molecule has 4 N–H and O–H groups in total. The zero-order chi connectivity index (χ0) is 68.4. The first-order chi connectivity index (χ1) is 47.3. The summed E-state index contributed by atoms with van der Waals surface area (Å²) >= 11 is 0. The Labute approximate surface area is 598 Å². The van der Waals surface area contributed by atoms with E-state index in [2.05, 4.69) is 104 Å². The third-order valence-electron chi connectivity index (χ3n) is 24.5. The van der Waals surface area contributed by atoms with Crippen molar-refractivity contribution in [1.29, 1.82) is 0 Å². The zero-order valence-corrected chi connectivity index (χ0v) is 65.9. The third-order valence-corrected chi connectivity index (χ3v) is 24.5. The summed E-state index contributed by atoms with van der Waals surface area (Å²) in [6.45, 7) is 19.0. The molecule has 4 aromatic rings. The van der Waals surface area contributed by atoms with Crippen LogP contribution >= 0.6 is 0 Å². The molecule has 5 rings (SSSR count). The van der Waals surface area contributed by atoms with Crippen LogP contribution in [0.3, 0.4) is 0 Å². The fraction of sp³-hybridized carbons (Fsp3) is 0.826. The van der Waals surface area contributed by atoms with Crippen LogP contribution < -0.4 is 0 Å². The van der Waals surface area contributed by atoms with Gasteiger partial charge in [-0.1, -0.05) is 415 Å². The lowest BCUT2D eigenvalue weighted by Crippen LogP contribution is -2.34. The maximum Gasteiger partial charge on any atom is 0.0503 e. The van der Waals surface area contributed by atoms with Crippen LogP contribution in [0.5, 0.6) is 0 Å². The molecule has 0 aromatic carbocycles. The highest BCUT2D eigenvalue weighted by atomic mass is 14.9. The van der Waals surface area contributed by atoms with Crippen molar-refractivity contribution in [2.45, 2.75) is 488 Å². The van der Waals surface area contributed by atoms with Gasteiger partial charge in [0.25, 0.3) is 0 Å². The number of aromatic amines is 4. The zero-order valence-electron chi connectivity index (χ0n) is 65.9. The van der Waals surface area contributed by atoms with Crippen molar-refractivity contribution in [2.75, 3.05) is 0 Å². The van der Waals surface area contributed by atoms with E-state index in [0.29, 0.717) is 0 Å². The highest BCUT2D eigenvalue weighted by Gasteiger charge is 2.45. The van der Waals surface area contributed by atoms with Crippen LogP contribution in [0.15, 0.2) is 48.5 Å². The summed E-state index contributed by atoms with van der Waals surface area (Å²) in [5.74, 6) is 0. The van der Waals surface area contributed by atoms with Gasteiger partial charge in [0.05, 0.1) is 21.7 Å². The molecule has 8 bridgehead atoms. The maximum absolute atomic E-state index is 4.70. The Morgan fingerprint density at radius 3 is 0.344 bits per heavy atom. The van der Waals surface area contributed by atoms with Crippen LogP contribution in [-0.4, -0.2) is 19.9 Å². The molecule has 4 aromatic heterocycles. The van der Waals surface area contributed by atoms with Gasteiger partial charge in [0.15, 0.2) is 0 Å². The summed E-state index contributed by atoms with van der Waals surface area (Å²) in [4.78, 5) is 18.8. The second-order valence-corrected chi connectivity index (χ2v) is 32.4. The molecule has 0 saturated carbocycles. The van der Waals surface area contributed by atoms with E-state index in [1.807, 2.05) is 0 Å². The van der Waals surface area contributed by atoms with Gasteiger partial charge in [0.2, 0.25) is 0 Å². The molecule has 0 radical (unpaired) electrons. The van der Waals surface area contributed by atoms with E-state index in [0.717, 1.165) is 0 Å². The molecular formula is C92H164N4. The minimum atomic E-state index is -0.126. The van der Waals surface area contributed by atoms with Crippen molar-refractivity contribution < 1.29 is 0 Å². The lowest BCUT2D eigenvalue weighted by Gasteiger charge is -2.38. The number of H-pyrrole nitrogens is 4. The Morgan fingerprint density at radius 1 is 0.146 bits per heavy atom. The number of fused-ring (bicyclic) bond motifs is 8. The summed E-state index contributed by atoms with van der Waals surface area (Å²) in [5, 5.41) is 0. The molecule has 0 spiro atoms. The number of hydrogen-bond donors (Lipinski definition) is 4. The monoisotopic (exact) mass is 1330 g/mol. The van der Waals surface area contributed by atoms with E-state index in [4.69, 9.17) is 19.9 Å². The van der Waals surface area contributed by atoms with Gasteiger partial charge in [-0.25, -0.2) is 0 Å². The molecule has 4 heteroatoms. The average Bonchev–Trinajstić information content (AvgIpc) is 1.57.